The molecule has 0 saturated heterocycles. The van der Waals surface area contributed by atoms with E-state index >= 15 is 0 Å². The van der Waals surface area contributed by atoms with Gasteiger partial charge in [-0.15, -0.1) is 0 Å². The van der Waals surface area contributed by atoms with Crippen LogP contribution in [0.3, 0.4) is 0 Å². The first-order valence-electron chi connectivity index (χ1n) is 4.85. The van der Waals surface area contributed by atoms with E-state index in [2.05, 4.69) is 5.32 Å². The molecule has 0 aliphatic rings. The Morgan fingerprint density at radius 2 is 1.93 bits per heavy atom. The average Bonchev–Trinajstić information content (AvgIpc) is 2.21. The van der Waals surface area contributed by atoms with Gasteiger partial charge in [0.2, 0.25) is 0 Å². The summed E-state index contributed by atoms with van der Waals surface area (Å²) in [5, 5.41) is 12.3. The molecular formula is C11H17NO2. The third-order valence-electron chi connectivity index (χ3n) is 1.97. The molecule has 0 radical (unpaired) electrons. The Balaban J connectivity index is 2.15. The highest BCUT2D eigenvalue weighted by atomic mass is 16.5. The van der Waals surface area contributed by atoms with Crippen molar-refractivity contribution in [2.24, 2.45) is 0 Å². The molecule has 0 unspecified atom stereocenters. The minimum Gasteiger partial charge on any atom is -0.508 e. The lowest BCUT2D eigenvalue weighted by molar-refractivity contribution is 0.194. The third kappa shape index (κ3) is 4.14. The summed E-state index contributed by atoms with van der Waals surface area (Å²) in [6.45, 7) is 1.76. The van der Waals surface area contributed by atoms with Crippen LogP contribution in [0.4, 0.5) is 5.69 Å². The lowest BCUT2D eigenvalue weighted by atomic mass is 10.3. The maximum absolute atomic E-state index is 9.05. The molecule has 0 amide bonds. The first-order chi connectivity index (χ1) is 6.83. The Morgan fingerprint density at radius 1 is 1.21 bits per heavy atom. The molecule has 3 heteroatoms. The highest BCUT2D eigenvalue weighted by Crippen LogP contribution is 2.13. The predicted molar refractivity (Wildman–Crippen MR) is 57.7 cm³/mol. The van der Waals surface area contributed by atoms with Gasteiger partial charge in [0.05, 0.1) is 0 Å². The molecule has 0 saturated carbocycles. The van der Waals surface area contributed by atoms with Gasteiger partial charge >= 0.3 is 0 Å². The number of anilines is 1. The van der Waals surface area contributed by atoms with Crippen LogP contribution < -0.4 is 5.32 Å². The van der Waals surface area contributed by atoms with Gasteiger partial charge in [-0.05, 0) is 37.1 Å². The van der Waals surface area contributed by atoms with Crippen molar-refractivity contribution in [3.05, 3.63) is 24.3 Å². The summed E-state index contributed by atoms with van der Waals surface area (Å²) in [4.78, 5) is 0. The molecule has 0 aliphatic carbocycles. The molecule has 3 nitrogen and oxygen atoms in total. The van der Waals surface area contributed by atoms with Crippen LogP contribution >= 0.6 is 0 Å². The smallest absolute Gasteiger partial charge is 0.115 e. The van der Waals surface area contributed by atoms with Gasteiger partial charge in [0, 0.05) is 25.9 Å². The number of hydrogen-bond donors (Lipinski definition) is 2. The molecule has 0 spiro atoms. The van der Waals surface area contributed by atoms with Crippen LogP contribution in [0.25, 0.3) is 0 Å². The molecule has 78 valence electrons. The van der Waals surface area contributed by atoms with Crippen molar-refractivity contribution >= 4 is 5.69 Å². The van der Waals surface area contributed by atoms with Gasteiger partial charge in [-0.1, -0.05) is 0 Å². The van der Waals surface area contributed by atoms with E-state index in [0.29, 0.717) is 5.75 Å². The number of methoxy groups -OCH3 is 1. The number of benzene rings is 1. The maximum atomic E-state index is 9.05. The van der Waals surface area contributed by atoms with E-state index in [4.69, 9.17) is 9.84 Å². The molecule has 2 N–H and O–H groups in total. The summed E-state index contributed by atoms with van der Waals surface area (Å²) in [7, 11) is 1.72. The highest BCUT2D eigenvalue weighted by molar-refractivity contribution is 5.45. The van der Waals surface area contributed by atoms with Gasteiger partial charge in [0.1, 0.15) is 5.75 Å². The molecule has 0 aliphatic heterocycles. The molecule has 1 aromatic rings. The summed E-state index contributed by atoms with van der Waals surface area (Å²) < 4.78 is 4.95. The number of phenolic OH excluding ortho intramolecular Hbond substituents is 1. The lowest BCUT2D eigenvalue weighted by Crippen LogP contribution is -2.02. The Kier molecular flexibility index (Phi) is 4.86. The van der Waals surface area contributed by atoms with Crippen molar-refractivity contribution in [3.8, 4) is 5.75 Å². The van der Waals surface area contributed by atoms with Crippen LogP contribution in [0.1, 0.15) is 12.8 Å². The predicted octanol–water partition coefficient (Wildman–Crippen LogP) is 2.23. The first kappa shape index (κ1) is 10.9. The molecule has 0 atom stereocenters. The lowest BCUT2D eigenvalue weighted by Gasteiger charge is -2.05. The summed E-state index contributed by atoms with van der Waals surface area (Å²) in [5.74, 6) is 0.301. The largest absolute Gasteiger partial charge is 0.508 e. The van der Waals surface area contributed by atoms with E-state index in [0.717, 1.165) is 31.7 Å². The standard InChI is InChI=1S/C11H17NO2/c1-14-9-3-2-8-12-10-4-6-11(13)7-5-10/h4-7,12-13H,2-3,8-9H2,1H3. The Morgan fingerprint density at radius 3 is 2.57 bits per heavy atom. The van der Waals surface area contributed by atoms with Crippen molar-refractivity contribution in [2.75, 3.05) is 25.6 Å². The van der Waals surface area contributed by atoms with Gasteiger partial charge in [0.15, 0.2) is 0 Å². The van der Waals surface area contributed by atoms with Gasteiger partial charge in [-0.3, -0.25) is 0 Å². The molecule has 14 heavy (non-hydrogen) atoms. The fourth-order valence-electron chi connectivity index (χ4n) is 1.18. The number of unbranched alkanes of at least 4 members (excludes halogenated alkanes) is 1. The molecule has 0 heterocycles. The van der Waals surface area contributed by atoms with Crippen molar-refractivity contribution in [3.63, 3.8) is 0 Å². The van der Waals surface area contributed by atoms with E-state index in [1.807, 2.05) is 12.1 Å². The molecule has 1 aromatic carbocycles. The van der Waals surface area contributed by atoms with E-state index in [1.165, 1.54) is 0 Å². The summed E-state index contributed by atoms with van der Waals surface area (Å²) >= 11 is 0. The van der Waals surface area contributed by atoms with Crippen molar-refractivity contribution in [2.45, 2.75) is 12.8 Å². The summed E-state index contributed by atoms with van der Waals surface area (Å²) in [6.07, 6.45) is 2.16. The van der Waals surface area contributed by atoms with Crippen LogP contribution in [0, 0.1) is 0 Å². The van der Waals surface area contributed by atoms with Crippen molar-refractivity contribution in [1.29, 1.82) is 0 Å². The third-order valence-corrected chi connectivity index (χ3v) is 1.97. The second-order valence-electron chi connectivity index (χ2n) is 3.17. The number of nitrogens with one attached hydrogen (secondary N) is 1. The van der Waals surface area contributed by atoms with Crippen LogP contribution in [0.15, 0.2) is 24.3 Å². The molecular weight excluding hydrogens is 178 g/mol. The van der Waals surface area contributed by atoms with Gasteiger partial charge in [0.25, 0.3) is 0 Å². The Labute approximate surface area is 84.7 Å². The van der Waals surface area contributed by atoms with Gasteiger partial charge in [-0.25, -0.2) is 0 Å². The maximum Gasteiger partial charge on any atom is 0.115 e. The average molecular weight is 195 g/mol. The zero-order valence-electron chi connectivity index (χ0n) is 8.49. The van der Waals surface area contributed by atoms with Crippen LogP contribution in [0.5, 0.6) is 5.75 Å². The Hall–Kier alpha value is -1.22. The molecule has 0 aromatic heterocycles. The SMILES string of the molecule is COCCCCNc1ccc(O)cc1. The number of hydrogen-bond acceptors (Lipinski definition) is 3. The van der Waals surface area contributed by atoms with E-state index in [1.54, 1.807) is 19.2 Å². The van der Waals surface area contributed by atoms with E-state index in [-0.39, 0.29) is 0 Å². The normalized spacial score (nSPS) is 10.1. The zero-order valence-corrected chi connectivity index (χ0v) is 8.49. The first-order valence-corrected chi connectivity index (χ1v) is 4.85. The number of aromatic hydroxyl groups is 1. The van der Waals surface area contributed by atoms with Gasteiger partial charge < -0.3 is 15.2 Å². The second-order valence-corrected chi connectivity index (χ2v) is 3.17. The second kappa shape index (κ2) is 6.27. The fraction of sp³-hybridized carbons (Fsp3) is 0.455. The molecule has 0 fully saturated rings. The van der Waals surface area contributed by atoms with E-state index in [9.17, 15) is 0 Å². The zero-order chi connectivity index (χ0) is 10.2. The van der Waals surface area contributed by atoms with Crippen LogP contribution in [0.2, 0.25) is 0 Å². The number of phenols is 1. The minimum atomic E-state index is 0.301. The quantitative estimate of drug-likeness (QED) is 0.540. The monoisotopic (exact) mass is 195 g/mol. The summed E-state index contributed by atoms with van der Waals surface area (Å²) in [5.41, 5.74) is 1.04. The molecule has 0 bridgehead atoms. The number of rotatable bonds is 6. The summed E-state index contributed by atoms with van der Waals surface area (Å²) in [6, 6.07) is 7.09. The van der Waals surface area contributed by atoms with Crippen molar-refractivity contribution in [1.82, 2.24) is 0 Å². The fourth-order valence-corrected chi connectivity index (χ4v) is 1.18. The number of ether oxygens (including phenoxy) is 1. The van der Waals surface area contributed by atoms with Crippen LogP contribution in [-0.2, 0) is 4.74 Å². The topological polar surface area (TPSA) is 41.5 Å². The van der Waals surface area contributed by atoms with Crippen LogP contribution in [-0.4, -0.2) is 25.4 Å². The van der Waals surface area contributed by atoms with Crippen molar-refractivity contribution < 1.29 is 9.84 Å². The van der Waals surface area contributed by atoms with Gasteiger partial charge in [-0.2, -0.15) is 0 Å². The Bertz CT molecular complexity index is 246. The van der Waals surface area contributed by atoms with E-state index < -0.39 is 0 Å². The molecule has 1 rings (SSSR count). The minimum absolute atomic E-state index is 0.301. The highest BCUT2D eigenvalue weighted by Gasteiger charge is 1.92.